The maximum Gasteiger partial charge on any atom is 0.119 e. The topological polar surface area (TPSA) is 39.1 Å². The minimum absolute atomic E-state index is 0.667. The van der Waals surface area contributed by atoms with Gasteiger partial charge in [0.25, 0.3) is 0 Å². The van der Waals surface area contributed by atoms with Gasteiger partial charge >= 0.3 is 0 Å². The number of aryl methyl sites for hydroxylation is 1. The monoisotopic (exact) mass is 287 g/mol. The van der Waals surface area contributed by atoms with Crippen molar-refractivity contribution in [2.45, 2.75) is 33.4 Å². The second-order valence-electron chi connectivity index (χ2n) is 5.62. The predicted molar refractivity (Wildman–Crippen MR) is 85.3 cm³/mol. The van der Waals surface area contributed by atoms with Crippen LogP contribution < -0.4 is 10.1 Å². The molecule has 1 heterocycles. The van der Waals surface area contributed by atoms with Crippen molar-refractivity contribution < 1.29 is 4.74 Å². The van der Waals surface area contributed by atoms with E-state index in [1.165, 1.54) is 5.69 Å². The smallest absolute Gasteiger partial charge is 0.119 e. The molecule has 0 saturated heterocycles. The molecule has 0 spiro atoms. The lowest BCUT2D eigenvalue weighted by molar-refractivity contribution is 0.301. The summed E-state index contributed by atoms with van der Waals surface area (Å²) in [5.74, 6) is 1.60. The van der Waals surface area contributed by atoms with Gasteiger partial charge in [-0.2, -0.15) is 0 Å². The Bertz CT molecular complexity index is 508. The number of aromatic nitrogens is 2. The molecule has 0 amide bonds. The Balaban J connectivity index is 1.70. The SMILES string of the molecule is CC(C)CNCc1cncn1CCCOc1ccccc1. The number of rotatable bonds is 9. The van der Waals surface area contributed by atoms with E-state index in [1.807, 2.05) is 42.9 Å². The summed E-state index contributed by atoms with van der Waals surface area (Å²) >= 11 is 0. The molecule has 0 aliphatic heterocycles. The molecule has 0 atom stereocenters. The summed E-state index contributed by atoms with van der Waals surface area (Å²) in [6.45, 7) is 7.99. The molecule has 2 rings (SSSR count). The Morgan fingerprint density at radius 3 is 2.81 bits per heavy atom. The lowest BCUT2D eigenvalue weighted by atomic mass is 10.2. The van der Waals surface area contributed by atoms with Gasteiger partial charge in [-0.1, -0.05) is 32.0 Å². The number of hydrogen-bond acceptors (Lipinski definition) is 3. The first-order valence-electron chi connectivity index (χ1n) is 7.63. The summed E-state index contributed by atoms with van der Waals surface area (Å²) < 4.78 is 7.90. The molecule has 4 nitrogen and oxygen atoms in total. The number of ether oxygens (including phenoxy) is 1. The van der Waals surface area contributed by atoms with Gasteiger partial charge in [-0.25, -0.2) is 4.98 Å². The fraction of sp³-hybridized carbons (Fsp3) is 0.471. The predicted octanol–water partition coefficient (Wildman–Crippen LogP) is 3.10. The number of imidazole rings is 1. The Hall–Kier alpha value is -1.81. The van der Waals surface area contributed by atoms with Crippen LogP contribution in [-0.2, 0) is 13.1 Å². The second kappa shape index (κ2) is 8.47. The third-order valence-electron chi connectivity index (χ3n) is 3.21. The molecule has 114 valence electrons. The number of hydrogen-bond donors (Lipinski definition) is 1. The van der Waals surface area contributed by atoms with Gasteiger partial charge in [0.05, 0.1) is 18.6 Å². The van der Waals surface area contributed by atoms with Crippen LogP contribution in [0.15, 0.2) is 42.9 Å². The van der Waals surface area contributed by atoms with Gasteiger partial charge in [-0.3, -0.25) is 0 Å². The molecule has 0 bridgehead atoms. The Kier molecular flexibility index (Phi) is 6.28. The van der Waals surface area contributed by atoms with E-state index >= 15 is 0 Å². The zero-order chi connectivity index (χ0) is 14.9. The van der Waals surface area contributed by atoms with Gasteiger partial charge in [0.15, 0.2) is 0 Å². The van der Waals surface area contributed by atoms with Crippen molar-refractivity contribution >= 4 is 0 Å². The Labute approximate surface area is 127 Å². The molecule has 0 saturated carbocycles. The Morgan fingerprint density at radius 1 is 1.24 bits per heavy atom. The number of para-hydroxylation sites is 1. The minimum atomic E-state index is 0.667. The summed E-state index contributed by atoms with van der Waals surface area (Å²) in [7, 11) is 0. The summed E-state index contributed by atoms with van der Waals surface area (Å²) in [6.07, 6.45) is 4.81. The molecule has 1 N–H and O–H groups in total. The summed E-state index contributed by atoms with van der Waals surface area (Å²) in [4.78, 5) is 4.24. The Morgan fingerprint density at radius 2 is 2.05 bits per heavy atom. The van der Waals surface area contributed by atoms with Gasteiger partial charge in [-0.05, 0) is 31.0 Å². The highest BCUT2D eigenvalue weighted by molar-refractivity contribution is 5.20. The molecule has 0 aliphatic rings. The second-order valence-corrected chi connectivity index (χ2v) is 5.62. The van der Waals surface area contributed by atoms with Crippen LogP contribution in [0.25, 0.3) is 0 Å². The van der Waals surface area contributed by atoms with Crippen molar-refractivity contribution in [1.82, 2.24) is 14.9 Å². The molecule has 0 aliphatic carbocycles. The maximum absolute atomic E-state index is 5.71. The molecule has 0 radical (unpaired) electrons. The average molecular weight is 287 g/mol. The molecule has 1 aromatic carbocycles. The fourth-order valence-corrected chi connectivity index (χ4v) is 2.13. The van der Waals surface area contributed by atoms with E-state index in [9.17, 15) is 0 Å². The minimum Gasteiger partial charge on any atom is -0.494 e. The first-order chi connectivity index (χ1) is 10.3. The molecule has 1 aromatic heterocycles. The van der Waals surface area contributed by atoms with Crippen molar-refractivity contribution in [2.24, 2.45) is 5.92 Å². The van der Waals surface area contributed by atoms with E-state index < -0.39 is 0 Å². The van der Waals surface area contributed by atoms with Crippen molar-refractivity contribution in [2.75, 3.05) is 13.2 Å². The van der Waals surface area contributed by atoms with Crippen LogP contribution in [0.1, 0.15) is 26.0 Å². The lowest BCUT2D eigenvalue weighted by Gasteiger charge is -2.11. The highest BCUT2D eigenvalue weighted by atomic mass is 16.5. The first kappa shape index (κ1) is 15.6. The van der Waals surface area contributed by atoms with Gasteiger partial charge in [0, 0.05) is 19.3 Å². The third kappa shape index (κ3) is 5.60. The highest BCUT2D eigenvalue weighted by Crippen LogP contribution is 2.09. The van der Waals surface area contributed by atoms with Crippen LogP contribution in [-0.4, -0.2) is 22.7 Å². The molecule has 2 aromatic rings. The van der Waals surface area contributed by atoms with Crippen molar-refractivity contribution in [3.8, 4) is 5.75 Å². The van der Waals surface area contributed by atoms with E-state index in [0.29, 0.717) is 5.92 Å². The van der Waals surface area contributed by atoms with Gasteiger partial charge in [0.2, 0.25) is 0 Å². The van der Waals surface area contributed by atoms with Gasteiger partial charge in [0.1, 0.15) is 5.75 Å². The van der Waals surface area contributed by atoms with E-state index in [-0.39, 0.29) is 0 Å². The van der Waals surface area contributed by atoms with Crippen LogP contribution in [0.5, 0.6) is 5.75 Å². The molecular weight excluding hydrogens is 262 g/mol. The average Bonchev–Trinajstić information content (AvgIpc) is 2.92. The van der Waals surface area contributed by atoms with Crippen molar-refractivity contribution in [3.63, 3.8) is 0 Å². The van der Waals surface area contributed by atoms with Gasteiger partial charge < -0.3 is 14.6 Å². The van der Waals surface area contributed by atoms with Gasteiger partial charge in [-0.15, -0.1) is 0 Å². The molecule has 4 heteroatoms. The molecule has 21 heavy (non-hydrogen) atoms. The lowest BCUT2D eigenvalue weighted by Crippen LogP contribution is -2.21. The van der Waals surface area contributed by atoms with Crippen LogP contribution in [0, 0.1) is 5.92 Å². The molecule has 0 unspecified atom stereocenters. The zero-order valence-corrected chi connectivity index (χ0v) is 13.0. The van der Waals surface area contributed by atoms with E-state index in [1.54, 1.807) is 0 Å². The highest BCUT2D eigenvalue weighted by Gasteiger charge is 2.02. The fourth-order valence-electron chi connectivity index (χ4n) is 2.13. The number of nitrogens with zero attached hydrogens (tertiary/aromatic N) is 2. The molecule has 0 fully saturated rings. The number of nitrogens with one attached hydrogen (secondary N) is 1. The van der Waals surface area contributed by atoms with Crippen LogP contribution in [0.4, 0.5) is 0 Å². The number of benzene rings is 1. The van der Waals surface area contributed by atoms with E-state index in [2.05, 4.69) is 28.7 Å². The normalized spacial score (nSPS) is 11.0. The zero-order valence-electron chi connectivity index (χ0n) is 13.0. The van der Waals surface area contributed by atoms with Crippen LogP contribution in [0.3, 0.4) is 0 Å². The third-order valence-corrected chi connectivity index (χ3v) is 3.21. The van der Waals surface area contributed by atoms with E-state index in [4.69, 9.17) is 4.74 Å². The summed E-state index contributed by atoms with van der Waals surface area (Å²) in [5, 5.41) is 3.45. The first-order valence-corrected chi connectivity index (χ1v) is 7.63. The standard InChI is InChI=1S/C17H25N3O/c1-15(2)11-18-12-16-13-19-14-20(16)9-6-10-21-17-7-4-3-5-8-17/h3-5,7-8,13-15,18H,6,9-12H2,1-2H3. The summed E-state index contributed by atoms with van der Waals surface area (Å²) in [5.41, 5.74) is 1.23. The quantitative estimate of drug-likeness (QED) is 0.720. The van der Waals surface area contributed by atoms with Crippen LogP contribution >= 0.6 is 0 Å². The van der Waals surface area contributed by atoms with E-state index in [0.717, 1.165) is 38.4 Å². The largest absolute Gasteiger partial charge is 0.494 e. The summed E-state index contributed by atoms with van der Waals surface area (Å²) in [6, 6.07) is 9.94. The van der Waals surface area contributed by atoms with Crippen molar-refractivity contribution in [1.29, 1.82) is 0 Å². The maximum atomic E-state index is 5.71. The van der Waals surface area contributed by atoms with Crippen LogP contribution in [0.2, 0.25) is 0 Å². The van der Waals surface area contributed by atoms with Crippen molar-refractivity contribution in [3.05, 3.63) is 48.5 Å². The molecular formula is C17H25N3O.